The summed E-state index contributed by atoms with van der Waals surface area (Å²) in [6, 6.07) is 8.72. The Kier molecular flexibility index (Phi) is 12.6. The SMILES string of the molecule is CC(=O)O[C@H]1[C@H](OC(C)=O)[C@@H](OC(C)=O)C(OCc2ccccc2)O[C@@H]1COP(=O)(O)O[C@H]1O[C@H](CO)[C@@H](O)[C@H](O)[C@@H]1O. The lowest BCUT2D eigenvalue weighted by atomic mass is 9.98. The molecule has 0 saturated carbocycles. The molecule has 2 aliphatic heterocycles. The summed E-state index contributed by atoms with van der Waals surface area (Å²) in [5, 5.41) is 39.3. The topological polar surface area (TPSA) is 243 Å². The molecule has 0 bridgehead atoms. The van der Waals surface area contributed by atoms with E-state index in [2.05, 4.69) is 0 Å². The van der Waals surface area contributed by atoms with Crippen LogP contribution < -0.4 is 0 Å². The molecule has 17 nitrogen and oxygen atoms in total. The first-order valence-electron chi connectivity index (χ1n) is 13.0. The molecule has 2 unspecified atom stereocenters. The van der Waals surface area contributed by atoms with E-state index in [0.717, 1.165) is 20.8 Å². The Balaban J connectivity index is 1.84. The Bertz CT molecular complexity index is 1130. The zero-order chi connectivity index (χ0) is 31.9. The summed E-state index contributed by atoms with van der Waals surface area (Å²) in [7, 11) is -5.19. The molecule has 43 heavy (non-hydrogen) atoms. The summed E-state index contributed by atoms with van der Waals surface area (Å²) < 4.78 is 55.3. The Morgan fingerprint density at radius 1 is 0.791 bits per heavy atom. The van der Waals surface area contributed by atoms with Gasteiger partial charge in [-0.15, -0.1) is 0 Å². The highest BCUT2D eigenvalue weighted by atomic mass is 31.2. The highest BCUT2D eigenvalue weighted by Gasteiger charge is 2.53. The second-order valence-corrected chi connectivity index (χ2v) is 11.0. The number of carbonyl (C=O) groups is 3. The minimum atomic E-state index is -5.19. The molecule has 0 aliphatic carbocycles. The van der Waals surface area contributed by atoms with Crippen LogP contribution in [0.1, 0.15) is 26.3 Å². The van der Waals surface area contributed by atoms with Gasteiger partial charge in [0.1, 0.15) is 30.5 Å². The molecule has 0 amide bonds. The molecule has 0 spiro atoms. The van der Waals surface area contributed by atoms with Crippen molar-refractivity contribution in [1.82, 2.24) is 0 Å². The van der Waals surface area contributed by atoms with Crippen molar-refractivity contribution >= 4 is 25.7 Å². The molecule has 2 aliphatic rings. The summed E-state index contributed by atoms with van der Waals surface area (Å²) >= 11 is 0. The first kappa shape index (κ1) is 34.9. The lowest BCUT2D eigenvalue weighted by Gasteiger charge is -2.44. The Hall–Kier alpha value is -2.54. The molecule has 2 heterocycles. The number of hydrogen-bond acceptors (Lipinski definition) is 16. The van der Waals surface area contributed by atoms with Crippen molar-refractivity contribution in [2.75, 3.05) is 13.2 Å². The van der Waals surface area contributed by atoms with Crippen LogP contribution in [0.2, 0.25) is 0 Å². The molecule has 0 aromatic heterocycles. The number of phosphoric ester groups is 1. The number of aliphatic hydroxyl groups excluding tert-OH is 4. The van der Waals surface area contributed by atoms with Gasteiger partial charge >= 0.3 is 25.7 Å². The molecular weight excluding hydrogens is 603 g/mol. The number of ether oxygens (including phenoxy) is 6. The normalized spacial score (nSPS) is 34.0. The maximum Gasteiger partial charge on any atom is 0.474 e. The molecule has 0 radical (unpaired) electrons. The van der Waals surface area contributed by atoms with E-state index in [0.29, 0.717) is 5.56 Å². The zero-order valence-corrected chi connectivity index (χ0v) is 24.3. The van der Waals surface area contributed by atoms with Crippen LogP contribution in [-0.2, 0) is 63.0 Å². The molecule has 1 aromatic carbocycles. The first-order chi connectivity index (χ1) is 20.2. The second kappa shape index (κ2) is 15.5. The van der Waals surface area contributed by atoms with E-state index in [4.69, 9.17) is 37.5 Å². The fraction of sp³-hybridized carbons (Fsp3) is 0.640. The maximum atomic E-state index is 12.8. The van der Waals surface area contributed by atoms with Gasteiger partial charge in [0, 0.05) is 20.8 Å². The lowest BCUT2D eigenvalue weighted by molar-refractivity contribution is -0.310. The highest BCUT2D eigenvalue weighted by Crippen LogP contribution is 2.47. The third kappa shape index (κ3) is 9.72. The van der Waals surface area contributed by atoms with Crippen LogP contribution in [0.3, 0.4) is 0 Å². The number of aliphatic hydroxyl groups is 4. The number of carbonyl (C=O) groups excluding carboxylic acids is 3. The standard InChI is InChI=1S/C25H35O17P/c1-12(27)37-21-17(11-36-43(33,34)42-24-20(32)19(31)18(30)16(9-26)40-24)41-25(35-10-15-7-5-4-6-8-15)23(39-14(3)29)22(21)38-13(2)28/h4-8,16-26,30-32H,9-11H2,1-3H3,(H,33,34)/t16-,17-,18-,19+,20+,21-,22+,23-,24-,25?/m1/s1. The Labute approximate surface area is 245 Å². The van der Waals surface area contributed by atoms with Crippen LogP contribution in [0.25, 0.3) is 0 Å². The van der Waals surface area contributed by atoms with Crippen molar-refractivity contribution in [2.24, 2.45) is 0 Å². The average molecular weight is 639 g/mol. The predicted molar refractivity (Wildman–Crippen MR) is 137 cm³/mol. The summed E-state index contributed by atoms with van der Waals surface area (Å²) in [4.78, 5) is 46.3. The molecule has 242 valence electrons. The second-order valence-electron chi connectivity index (χ2n) is 9.63. The van der Waals surface area contributed by atoms with Crippen molar-refractivity contribution in [2.45, 2.75) is 88.8 Å². The molecule has 11 atom stereocenters. The van der Waals surface area contributed by atoms with Crippen molar-refractivity contribution in [3.8, 4) is 0 Å². The minimum absolute atomic E-state index is 0.0828. The predicted octanol–water partition coefficient (Wildman–Crippen LogP) is -1.34. The van der Waals surface area contributed by atoms with Gasteiger partial charge < -0.3 is 53.7 Å². The fourth-order valence-electron chi connectivity index (χ4n) is 4.36. The van der Waals surface area contributed by atoms with E-state index in [1.54, 1.807) is 30.3 Å². The van der Waals surface area contributed by atoms with Crippen molar-refractivity contribution in [3.05, 3.63) is 35.9 Å². The van der Waals surface area contributed by atoms with Gasteiger partial charge in [0.05, 0.1) is 19.8 Å². The molecular formula is C25H35O17P. The Morgan fingerprint density at radius 2 is 1.35 bits per heavy atom. The molecule has 18 heteroatoms. The summed E-state index contributed by atoms with van der Waals surface area (Å²) in [5.41, 5.74) is 0.680. The van der Waals surface area contributed by atoms with E-state index < -0.39 is 100 Å². The van der Waals surface area contributed by atoms with Gasteiger partial charge in [0.25, 0.3) is 0 Å². The van der Waals surface area contributed by atoms with Crippen molar-refractivity contribution < 1.29 is 81.7 Å². The van der Waals surface area contributed by atoms with Gasteiger partial charge in [0.15, 0.2) is 30.9 Å². The van der Waals surface area contributed by atoms with Gasteiger partial charge in [-0.1, -0.05) is 30.3 Å². The Morgan fingerprint density at radius 3 is 1.93 bits per heavy atom. The third-order valence-electron chi connectivity index (χ3n) is 6.24. The fourth-order valence-corrected chi connectivity index (χ4v) is 5.19. The molecule has 2 fully saturated rings. The number of hydrogen-bond donors (Lipinski definition) is 5. The van der Waals surface area contributed by atoms with Crippen LogP contribution in [0.4, 0.5) is 0 Å². The minimum Gasteiger partial charge on any atom is -0.456 e. The summed E-state index contributed by atoms with van der Waals surface area (Å²) in [6.45, 7) is 1.35. The van der Waals surface area contributed by atoms with Crippen LogP contribution >= 0.6 is 7.82 Å². The number of esters is 3. The van der Waals surface area contributed by atoms with Crippen LogP contribution in [0.15, 0.2) is 30.3 Å². The first-order valence-corrected chi connectivity index (χ1v) is 14.5. The van der Waals surface area contributed by atoms with Crippen molar-refractivity contribution in [1.29, 1.82) is 0 Å². The number of phosphoric acid groups is 1. The lowest BCUT2D eigenvalue weighted by Crippen LogP contribution is -2.62. The van der Waals surface area contributed by atoms with Gasteiger partial charge in [-0.3, -0.25) is 23.4 Å². The highest BCUT2D eigenvalue weighted by molar-refractivity contribution is 7.47. The van der Waals surface area contributed by atoms with Gasteiger partial charge in [0.2, 0.25) is 0 Å². The third-order valence-corrected chi connectivity index (χ3v) is 7.19. The average Bonchev–Trinajstić information content (AvgIpc) is 2.93. The summed E-state index contributed by atoms with van der Waals surface area (Å²) in [6.07, 6.45) is -16.7. The van der Waals surface area contributed by atoms with Crippen LogP contribution in [-0.4, -0.2) is 118 Å². The van der Waals surface area contributed by atoms with Gasteiger partial charge in [-0.2, -0.15) is 0 Å². The van der Waals surface area contributed by atoms with Crippen molar-refractivity contribution in [3.63, 3.8) is 0 Å². The number of benzene rings is 1. The van der Waals surface area contributed by atoms with Gasteiger partial charge in [-0.25, -0.2) is 4.57 Å². The molecule has 5 N–H and O–H groups in total. The van der Waals surface area contributed by atoms with E-state index in [-0.39, 0.29) is 6.61 Å². The van der Waals surface area contributed by atoms with E-state index in [1.807, 2.05) is 0 Å². The monoisotopic (exact) mass is 638 g/mol. The molecule has 2 saturated heterocycles. The van der Waals surface area contributed by atoms with Crippen LogP contribution in [0, 0.1) is 0 Å². The quantitative estimate of drug-likeness (QED) is 0.101. The smallest absolute Gasteiger partial charge is 0.456 e. The van der Waals surface area contributed by atoms with E-state index in [9.17, 15) is 44.3 Å². The largest absolute Gasteiger partial charge is 0.474 e. The zero-order valence-electron chi connectivity index (χ0n) is 23.4. The van der Waals surface area contributed by atoms with Crippen LogP contribution in [0.5, 0.6) is 0 Å². The van der Waals surface area contributed by atoms with Gasteiger partial charge in [-0.05, 0) is 5.56 Å². The summed E-state index contributed by atoms with van der Waals surface area (Å²) in [5.74, 6) is -2.56. The maximum absolute atomic E-state index is 12.8. The number of rotatable bonds is 12. The molecule has 3 rings (SSSR count). The van der Waals surface area contributed by atoms with E-state index >= 15 is 0 Å². The molecule has 1 aromatic rings. The van der Waals surface area contributed by atoms with E-state index in [1.165, 1.54) is 0 Å².